The Morgan fingerprint density at radius 2 is 2.27 bits per heavy atom. The Kier molecular flexibility index (Phi) is 2.62. The summed E-state index contributed by atoms with van der Waals surface area (Å²) in [7, 11) is 0. The Hall–Kier alpha value is -1.51. The molecule has 0 radical (unpaired) electrons. The van der Waals surface area contributed by atoms with E-state index in [1.54, 1.807) is 6.92 Å². The van der Waals surface area contributed by atoms with Crippen molar-refractivity contribution in [1.82, 2.24) is 0 Å². The van der Waals surface area contributed by atoms with Crippen molar-refractivity contribution in [2.24, 2.45) is 5.92 Å². The quantitative estimate of drug-likeness (QED) is 0.807. The molecular weight excluding hydrogens is 192 g/mol. The van der Waals surface area contributed by atoms with Crippen LogP contribution in [0.1, 0.15) is 24.8 Å². The van der Waals surface area contributed by atoms with Gasteiger partial charge >= 0.3 is 5.97 Å². The van der Waals surface area contributed by atoms with Gasteiger partial charge in [-0.2, -0.15) is 0 Å². The molecule has 0 saturated heterocycles. The SMILES string of the molecule is C[C@@H](C(=O)O)C1CCOc2ccccc21. The molecule has 0 fully saturated rings. The van der Waals surface area contributed by atoms with Gasteiger partial charge in [-0.3, -0.25) is 4.79 Å². The molecule has 1 heterocycles. The molecule has 3 nitrogen and oxygen atoms in total. The Balaban J connectivity index is 2.33. The minimum atomic E-state index is -0.739. The molecule has 0 aromatic heterocycles. The normalized spacial score (nSPS) is 21.3. The summed E-state index contributed by atoms with van der Waals surface area (Å²) in [5, 5.41) is 9.02. The zero-order valence-corrected chi connectivity index (χ0v) is 8.64. The van der Waals surface area contributed by atoms with E-state index in [9.17, 15) is 4.79 Å². The number of carbonyl (C=O) groups is 1. The molecule has 0 amide bonds. The molecular formula is C12H14O3. The minimum Gasteiger partial charge on any atom is -0.493 e. The third kappa shape index (κ3) is 1.82. The highest BCUT2D eigenvalue weighted by Gasteiger charge is 2.29. The van der Waals surface area contributed by atoms with Crippen molar-refractivity contribution in [1.29, 1.82) is 0 Å². The molecule has 80 valence electrons. The highest BCUT2D eigenvalue weighted by molar-refractivity contribution is 5.71. The molecule has 0 spiro atoms. The lowest BCUT2D eigenvalue weighted by Crippen LogP contribution is -2.24. The number of para-hydroxylation sites is 1. The van der Waals surface area contributed by atoms with Gasteiger partial charge in [0.2, 0.25) is 0 Å². The van der Waals surface area contributed by atoms with Crippen LogP contribution < -0.4 is 4.74 Å². The summed E-state index contributed by atoms with van der Waals surface area (Å²) in [5.41, 5.74) is 1.03. The summed E-state index contributed by atoms with van der Waals surface area (Å²) >= 11 is 0. The summed E-state index contributed by atoms with van der Waals surface area (Å²) in [6.07, 6.45) is 0.782. The van der Waals surface area contributed by atoms with Gasteiger partial charge in [-0.05, 0) is 18.1 Å². The maximum absolute atomic E-state index is 11.0. The molecule has 15 heavy (non-hydrogen) atoms. The fraction of sp³-hybridized carbons (Fsp3) is 0.417. The number of ether oxygens (including phenoxy) is 1. The predicted molar refractivity (Wildman–Crippen MR) is 56.1 cm³/mol. The van der Waals surface area contributed by atoms with E-state index in [-0.39, 0.29) is 11.8 Å². The van der Waals surface area contributed by atoms with Crippen LogP contribution in [-0.4, -0.2) is 17.7 Å². The molecule has 2 atom stereocenters. The van der Waals surface area contributed by atoms with Gasteiger partial charge in [0.25, 0.3) is 0 Å². The summed E-state index contributed by atoms with van der Waals surface area (Å²) in [5.74, 6) is -0.180. The summed E-state index contributed by atoms with van der Waals surface area (Å²) < 4.78 is 5.49. The standard InChI is InChI=1S/C12H14O3/c1-8(12(13)14)9-6-7-15-11-5-3-2-4-10(9)11/h2-5,8-9H,6-7H2,1H3,(H,13,14)/t8-,9?/m1/s1. The van der Waals surface area contributed by atoms with Crippen LogP contribution in [0.4, 0.5) is 0 Å². The van der Waals surface area contributed by atoms with Gasteiger partial charge in [-0.25, -0.2) is 0 Å². The molecule has 3 heteroatoms. The van der Waals surface area contributed by atoms with Crippen molar-refractivity contribution in [3.63, 3.8) is 0 Å². The first-order valence-electron chi connectivity index (χ1n) is 5.14. The third-order valence-electron chi connectivity index (χ3n) is 3.00. The van der Waals surface area contributed by atoms with Gasteiger partial charge in [-0.1, -0.05) is 25.1 Å². The second-order valence-electron chi connectivity index (χ2n) is 3.91. The second kappa shape index (κ2) is 3.93. The molecule has 1 unspecified atom stereocenters. The van der Waals surface area contributed by atoms with Crippen LogP contribution in [0.15, 0.2) is 24.3 Å². The number of hydrogen-bond acceptors (Lipinski definition) is 2. The highest BCUT2D eigenvalue weighted by Crippen LogP contribution is 2.37. The van der Waals surface area contributed by atoms with E-state index < -0.39 is 5.97 Å². The summed E-state index contributed by atoms with van der Waals surface area (Å²) in [6, 6.07) is 7.69. The number of hydrogen-bond donors (Lipinski definition) is 1. The molecule has 0 saturated carbocycles. The maximum atomic E-state index is 11.0. The molecule has 1 aromatic carbocycles. The van der Waals surface area contributed by atoms with Crippen molar-refractivity contribution in [3.8, 4) is 5.75 Å². The van der Waals surface area contributed by atoms with Crippen molar-refractivity contribution < 1.29 is 14.6 Å². The van der Waals surface area contributed by atoms with E-state index in [0.717, 1.165) is 17.7 Å². The van der Waals surface area contributed by atoms with Crippen molar-refractivity contribution in [3.05, 3.63) is 29.8 Å². The zero-order valence-electron chi connectivity index (χ0n) is 8.64. The van der Waals surface area contributed by atoms with E-state index in [2.05, 4.69) is 0 Å². The van der Waals surface area contributed by atoms with Gasteiger partial charge in [0.1, 0.15) is 5.75 Å². The van der Waals surface area contributed by atoms with Gasteiger partial charge in [0.15, 0.2) is 0 Å². The number of rotatable bonds is 2. The van der Waals surface area contributed by atoms with Gasteiger partial charge in [0.05, 0.1) is 12.5 Å². The number of carboxylic acids is 1. The van der Waals surface area contributed by atoms with Crippen LogP contribution in [0.2, 0.25) is 0 Å². The van der Waals surface area contributed by atoms with Crippen LogP contribution in [0.25, 0.3) is 0 Å². The molecule has 2 rings (SSSR count). The van der Waals surface area contributed by atoms with Crippen LogP contribution in [0, 0.1) is 5.92 Å². The Bertz CT molecular complexity index is 373. The van der Waals surface area contributed by atoms with Gasteiger partial charge in [0, 0.05) is 5.92 Å². The minimum absolute atomic E-state index is 0.0763. The first-order valence-corrected chi connectivity index (χ1v) is 5.14. The fourth-order valence-electron chi connectivity index (χ4n) is 2.06. The van der Waals surface area contributed by atoms with Crippen LogP contribution >= 0.6 is 0 Å². The highest BCUT2D eigenvalue weighted by atomic mass is 16.5. The molecule has 1 aromatic rings. The third-order valence-corrected chi connectivity index (χ3v) is 3.00. The van der Waals surface area contributed by atoms with Crippen molar-refractivity contribution >= 4 is 5.97 Å². The molecule has 1 N–H and O–H groups in total. The average Bonchev–Trinajstić information content (AvgIpc) is 2.27. The number of carboxylic acid groups (broad SMARTS) is 1. The molecule has 0 aliphatic carbocycles. The Labute approximate surface area is 88.7 Å². The lowest BCUT2D eigenvalue weighted by Gasteiger charge is -2.28. The average molecular weight is 206 g/mol. The lowest BCUT2D eigenvalue weighted by molar-refractivity contribution is -0.142. The first-order chi connectivity index (χ1) is 7.20. The number of aliphatic carboxylic acids is 1. The van der Waals surface area contributed by atoms with Crippen LogP contribution in [-0.2, 0) is 4.79 Å². The molecule has 0 bridgehead atoms. The van der Waals surface area contributed by atoms with E-state index in [4.69, 9.17) is 9.84 Å². The topological polar surface area (TPSA) is 46.5 Å². The van der Waals surface area contributed by atoms with E-state index >= 15 is 0 Å². The number of fused-ring (bicyclic) bond motifs is 1. The van der Waals surface area contributed by atoms with E-state index in [0.29, 0.717) is 6.61 Å². The fourth-order valence-corrected chi connectivity index (χ4v) is 2.06. The summed E-state index contributed by atoms with van der Waals surface area (Å²) in [6.45, 7) is 2.37. The first kappa shape index (κ1) is 10.0. The van der Waals surface area contributed by atoms with E-state index in [1.165, 1.54) is 0 Å². The monoisotopic (exact) mass is 206 g/mol. The largest absolute Gasteiger partial charge is 0.493 e. The van der Waals surface area contributed by atoms with Crippen molar-refractivity contribution in [2.75, 3.05) is 6.61 Å². The van der Waals surface area contributed by atoms with E-state index in [1.807, 2.05) is 24.3 Å². The van der Waals surface area contributed by atoms with Crippen molar-refractivity contribution in [2.45, 2.75) is 19.3 Å². The van der Waals surface area contributed by atoms with Gasteiger partial charge < -0.3 is 9.84 Å². The smallest absolute Gasteiger partial charge is 0.306 e. The number of benzene rings is 1. The maximum Gasteiger partial charge on any atom is 0.306 e. The Morgan fingerprint density at radius 3 is 3.00 bits per heavy atom. The van der Waals surface area contributed by atoms with Crippen LogP contribution in [0.5, 0.6) is 5.75 Å². The summed E-state index contributed by atoms with van der Waals surface area (Å²) in [4.78, 5) is 11.0. The predicted octanol–water partition coefficient (Wildman–Crippen LogP) is 2.27. The second-order valence-corrected chi connectivity index (χ2v) is 3.91. The lowest BCUT2D eigenvalue weighted by atomic mass is 9.83. The van der Waals surface area contributed by atoms with Gasteiger partial charge in [-0.15, -0.1) is 0 Å². The Morgan fingerprint density at radius 1 is 1.53 bits per heavy atom. The van der Waals surface area contributed by atoms with Crippen LogP contribution in [0.3, 0.4) is 0 Å². The molecule has 1 aliphatic rings. The molecule has 1 aliphatic heterocycles. The zero-order chi connectivity index (χ0) is 10.8.